The Kier molecular flexibility index (Phi) is 4.11. The van der Waals surface area contributed by atoms with Gasteiger partial charge in [0.2, 0.25) is 0 Å². The third-order valence-corrected chi connectivity index (χ3v) is 4.03. The smallest absolute Gasteiger partial charge is 0.267 e. The van der Waals surface area contributed by atoms with Crippen LogP contribution in [0, 0.1) is 18.6 Å². The van der Waals surface area contributed by atoms with E-state index in [9.17, 15) is 13.6 Å². The summed E-state index contributed by atoms with van der Waals surface area (Å²) in [6.07, 6.45) is 0. The molecular formula is C17H14ClF2N3O. The highest BCUT2D eigenvalue weighted by Gasteiger charge is 2.19. The first-order chi connectivity index (χ1) is 11.3. The quantitative estimate of drug-likeness (QED) is 0.768. The van der Waals surface area contributed by atoms with E-state index in [0.717, 1.165) is 28.3 Å². The Morgan fingerprint density at radius 2 is 1.83 bits per heavy atom. The van der Waals surface area contributed by atoms with Crippen LogP contribution in [0.3, 0.4) is 0 Å². The molecule has 2 N–H and O–H groups in total. The molecule has 1 unspecified atom stereocenters. The van der Waals surface area contributed by atoms with Gasteiger partial charge in [-0.2, -0.15) is 0 Å². The largest absolute Gasteiger partial charge is 0.322 e. The van der Waals surface area contributed by atoms with E-state index in [-0.39, 0.29) is 21.9 Å². The van der Waals surface area contributed by atoms with Crippen molar-refractivity contribution in [2.24, 2.45) is 5.73 Å². The fraction of sp³-hybridized carbons (Fsp3) is 0.176. The van der Waals surface area contributed by atoms with Crippen LogP contribution in [0.25, 0.3) is 16.6 Å². The van der Waals surface area contributed by atoms with Gasteiger partial charge in [0.05, 0.1) is 27.7 Å². The molecule has 3 aromatic rings. The molecule has 1 atom stereocenters. The molecule has 0 aliphatic heterocycles. The van der Waals surface area contributed by atoms with Gasteiger partial charge in [0.15, 0.2) is 0 Å². The number of rotatable bonds is 2. The molecule has 7 heteroatoms. The second-order valence-corrected chi connectivity index (χ2v) is 6.02. The normalized spacial score (nSPS) is 12.6. The summed E-state index contributed by atoms with van der Waals surface area (Å²) >= 11 is 6.16. The summed E-state index contributed by atoms with van der Waals surface area (Å²) in [7, 11) is 0. The molecule has 0 fully saturated rings. The number of hydrogen-bond acceptors (Lipinski definition) is 3. The second-order valence-electron chi connectivity index (χ2n) is 5.61. The fourth-order valence-electron chi connectivity index (χ4n) is 2.62. The van der Waals surface area contributed by atoms with Gasteiger partial charge in [-0.25, -0.2) is 13.8 Å². The van der Waals surface area contributed by atoms with Crippen molar-refractivity contribution in [3.05, 3.63) is 68.7 Å². The van der Waals surface area contributed by atoms with Crippen LogP contribution < -0.4 is 11.3 Å². The molecule has 0 saturated carbocycles. The lowest BCUT2D eigenvalue weighted by atomic mass is 10.1. The van der Waals surface area contributed by atoms with E-state index in [0.29, 0.717) is 5.52 Å². The number of nitrogens with zero attached hydrogens (tertiary/aromatic N) is 2. The number of fused-ring (bicyclic) bond motifs is 1. The number of halogens is 3. The molecule has 24 heavy (non-hydrogen) atoms. The average Bonchev–Trinajstić information content (AvgIpc) is 2.49. The number of nitrogens with two attached hydrogens (primary N) is 1. The lowest BCUT2D eigenvalue weighted by molar-refractivity contribution is 0.579. The Bertz CT molecular complexity index is 995. The number of hydrogen-bond donors (Lipinski definition) is 1. The van der Waals surface area contributed by atoms with E-state index in [1.807, 2.05) is 0 Å². The van der Waals surface area contributed by atoms with E-state index in [1.165, 1.54) is 0 Å². The molecule has 3 rings (SSSR count). The Labute approximate surface area is 141 Å². The van der Waals surface area contributed by atoms with E-state index >= 15 is 0 Å². The second kappa shape index (κ2) is 5.96. The Balaban J connectivity index is 2.51. The maximum atomic E-state index is 13.6. The van der Waals surface area contributed by atoms with Crippen LogP contribution in [0.15, 0.2) is 35.1 Å². The lowest BCUT2D eigenvalue weighted by Gasteiger charge is -2.17. The summed E-state index contributed by atoms with van der Waals surface area (Å²) in [5.41, 5.74) is 6.60. The summed E-state index contributed by atoms with van der Waals surface area (Å²) in [4.78, 5) is 17.4. The molecule has 0 spiro atoms. The van der Waals surface area contributed by atoms with E-state index in [4.69, 9.17) is 17.3 Å². The zero-order valence-corrected chi connectivity index (χ0v) is 13.7. The summed E-state index contributed by atoms with van der Waals surface area (Å²) in [6, 6.07) is 5.53. The van der Waals surface area contributed by atoms with Crippen molar-refractivity contribution in [3.8, 4) is 5.69 Å². The minimum atomic E-state index is -0.803. The van der Waals surface area contributed by atoms with Gasteiger partial charge in [0.1, 0.15) is 17.5 Å². The van der Waals surface area contributed by atoms with Crippen molar-refractivity contribution in [1.29, 1.82) is 0 Å². The molecule has 1 aromatic heterocycles. The van der Waals surface area contributed by atoms with Gasteiger partial charge < -0.3 is 5.73 Å². The molecule has 1 heterocycles. The SMILES string of the molecule is Cc1ccc(Cl)c2c(=O)n(-c3cc(F)cc(F)c3)c(C(C)N)nc12. The van der Waals surface area contributed by atoms with Crippen molar-refractivity contribution < 1.29 is 8.78 Å². The summed E-state index contributed by atoms with van der Waals surface area (Å²) in [5.74, 6) is -1.41. The first-order valence-corrected chi connectivity index (χ1v) is 7.61. The van der Waals surface area contributed by atoms with E-state index in [2.05, 4.69) is 4.98 Å². The van der Waals surface area contributed by atoms with Gasteiger partial charge in [0.25, 0.3) is 5.56 Å². The first kappa shape index (κ1) is 16.5. The summed E-state index contributed by atoms with van der Waals surface area (Å²) in [5, 5.41) is 0.403. The van der Waals surface area contributed by atoms with E-state index in [1.54, 1.807) is 26.0 Å². The Morgan fingerprint density at radius 1 is 1.21 bits per heavy atom. The monoisotopic (exact) mass is 349 g/mol. The third kappa shape index (κ3) is 2.68. The van der Waals surface area contributed by atoms with Crippen LogP contribution in [0.2, 0.25) is 5.02 Å². The van der Waals surface area contributed by atoms with Crippen LogP contribution in [0.5, 0.6) is 0 Å². The average molecular weight is 350 g/mol. The van der Waals surface area contributed by atoms with Gasteiger partial charge in [0, 0.05) is 6.07 Å². The molecular weight excluding hydrogens is 336 g/mol. The molecule has 2 aromatic carbocycles. The predicted octanol–water partition coefficient (Wildman–Crippen LogP) is 3.65. The van der Waals surface area contributed by atoms with Crippen molar-refractivity contribution >= 4 is 22.5 Å². The van der Waals surface area contributed by atoms with Gasteiger partial charge in [-0.05, 0) is 37.6 Å². The molecule has 0 aliphatic rings. The molecule has 4 nitrogen and oxygen atoms in total. The van der Waals surface area contributed by atoms with Crippen LogP contribution in [0.4, 0.5) is 8.78 Å². The van der Waals surface area contributed by atoms with Crippen LogP contribution in [0.1, 0.15) is 24.4 Å². The number of benzene rings is 2. The molecule has 0 saturated heterocycles. The summed E-state index contributed by atoms with van der Waals surface area (Å²) in [6.45, 7) is 3.43. The molecule has 0 amide bonds. The fourth-order valence-corrected chi connectivity index (χ4v) is 2.86. The highest BCUT2D eigenvalue weighted by Crippen LogP contribution is 2.25. The molecule has 0 aliphatic carbocycles. The zero-order valence-electron chi connectivity index (χ0n) is 13.0. The maximum absolute atomic E-state index is 13.6. The van der Waals surface area contributed by atoms with Crippen LogP contribution in [-0.2, 0) is 0 Å². The van der Waals surface area contributed by atoms with Gasteiger partial charge in [-0.15, -0.1) is 0 Å². The zero-order chi connectivity index (χ0) is 17.6. The van der Waals surface area contributed by atoms with Crippen molar-refractivity contribution in [3.63, 3.8) is 0 Å². The molecule has 0 radical (unpaired) electrons. The standard InChI is InChI=1S/C17H14ClF2N3O/c1-8-3-4-13(18)14-15(8)22-16(9(2)21)23(17(14)24)12-6-10(19)5-11(20)7-12/h3-7,9H,21H2,1-2H3. The van der Waals surface area contributed by atoms with Crippen molar-refractivity contribution in [1.82, 2.24) is 9.55 Å². The minimum Gasteiger partial charge on any atom is -0.322 e. The highest BCUT2D eigenvalue weighted by atomic mass is 35.5. The Morgan fingerprint density at radius 3 is 2.42 bits per heavy atom. The predicted molar refractivity (Wildman–Crippen MR) is 89.6 cm³/mol. The van der Waals surface area contributed by atoms with Crippen molar-refractivity contribution in [2.45, 2.75) is 19.9 Å². The lowest BCUT2D eigenvalue weighted by Crippen LogP contribution is -2.28. The van der Waals surface area contributed by atoms with Crippen LogP contribution >= 0.6 is 11.6 Å². The maximum Gasteiger partial charge on any atom is 0.267 e. The highest BCUT2D eigenvalue weighted by molar-refractivity contribution is 6.35. The minimum absolute atomic E-state index is 0.0109. The summed E-state index contributed by atoms with van der Waals surface area (Å²) < 4.78 is 28.3. The Hall–Kier alpha value is -2.31. The molecule has 124 valence electrons. The number of aryl methyl sites for hydroxylation is 1. The molecule has 0 bridgehead atoms. The van der Waals surface area contributed by atoms with Crippen molar-refractivity contribution in [2.75, 3.05) is 0 Å². The van der Waals surface area contributed by atoms with Gasteiger partial charge >= 0.3 is 0 Å². The van der Waals surface area contributed by atoms with Crippen LogP contribution in [-0.4, -0.2) is 9.55 Å². The van der Waals surface area contributed by atoms with E-state index < -0.39 is 23.2 Å². The van der Waals surface area contributed by atoms with Gasteiger partial charge in [-0.3, -0.25) is 9.36 Å². The van der Waals surface area contributed by atoms with Gasteiger partial charge in [-0.1, -0.05) is 17.7 Å². The third-order valence-electron chi connectivity index (χ3n) is 3.71. The number of aromatic nitrogens is 2. The first-order valence-electron chi connectivity index (χ1n) is 7.23. The topological polar surface area (TPSA) is 60.9 Å².